The van der Waals surface area contributed by atoms with Crippen molar-refractivity contribution in [2.75, 3.05) is 0 Å². The van der Waals surface area contributed by atoms with Crippen molar-refractivity contribution in [3.05, 3.63) is 18.2 Å². The maximum absolute atomic E-state index is 4.97. The van der Waals surface area contributed by atoms with Crippen molar-refractivity contribution in [1.29, 1.82) is 0 Å². The summed E-state index contributed by atoms with van der Waals surface area (Å²) in [5.41, 5.74) is 0. The molecule has 0 saturated heterocycles. The average Bonchev–Trinajstić information content (AvgIpc) is 3.45. The number of rotatable bonds is 31. The third-order valence-corrected chi connectivity index (χ3v) is 9.33. The van der Waals surface area contributed by atoms with E-state index in [9.17, 15) is 0 Å². The molecule has 1 aromatic heterocycles. The zero-order valence-electron chi connectivity index (χ0n) is 28.2. The second-order valence-corrected chi connectivity index (χ2v) is 13.2. The van der Waals surface area contributed by atoms with Crippen molar-refractivity contribution < 1.29 is 0 Å². The molecule has 2 atom stereocenters. The first-order valence-corrected chi connectivity index (χ1v) is 18.8. The summed E-state index contributed by atoms with van der Waals surface area (Å²) in [6.07, 6.45) is 45.3. The minimum absolute atomic E-state index is 0.589. The summed E-state index contributed by atoms with van der Waals surface area (Å²) < 4.78 is 2.57. The van der Waals surface area contributed by atoms with Crippen molar-refractivity contribution in [3.8, 4) is 0 Å². The van der Waals surface area contributed by atoms with Crippen molar-refractivity contribution in [1.82, 2.24) is 9.55 Å². The lowest BCUT2D eigenvalue weighted by Gasteiger charge is -2.22. The molecule has 1 rings (SSSR count). The van der Waals surface area contributed by atoms with E-state index in [4.69, 9.17) is 4.98 Å². The van der Waals surface area contributed by atoms with Gasteiger partial charge in [-0.2, -0.15) is 0 Å². The molecule has 0 amide bonds. The van der Waals surface area contributed by atoms with Crippen LogP contribution in [0.25, 0.3) is 0 Å². The van der Waals surface area contributed by atoms with Gasteiger partial charge in [0.15, 0.2) is 0 Å². The van der Waals surface area contributed by atoms with Gasteiger partial charge in [-0.3, -0.25) is 0 Å². The van der Waals surface area contributed by atoms with E-state index < -0.39 is 0 Å². The zero-order chi connectivity index (χ0) is 28.9. The summed E-state index contributed by atoms with van der Waals surface area (Å²) >= 11 is 0. The largest absolute Gasteiger partial charge is 0.332 e. The molecule has 0 radical (unpaired) electrons. The number of imidazole rings is 1. The number of nitrogens with zero attached hydrogens (tertiary/aromatic N) is 2. The van der Waals surface area contributed by atoms with Crippen LogP contribution in [0.15, 0.2) is 12.4 Å². The van der Waals surface area contributed by atoms with Gasteiger partial charge < -0.3 is 4.57 Å². The van der Waals surface area contributed by atoms with Gasteiger partial charge in [0.25, 0.3) is 0 Å². The van der Waals surface area contributed by atoms with Gasteiger partial charge in [-0.25, -0.2) is 4.98 Å². The van der Waals surface area contributed by atoms with Gasteiger partial charge in [-0.1, -0.05) is 188 Å². The second-order valence-electron chi connectivity index (χ2n) is 13.2. The summed E-state index contributed by atoms with van der Waals surface area (Å²) in [6.45, 7) is 9.38. The van der Waals surface area contributed by atoms with Gasteiger partial charge >= 0.3 is 0 Å². The number of unbranched alkanes of at least 4 members (excludes halogenated alkanes) is 23. The van der Waals surface area contributed by atoms with E-state index in [2.05, 4.69) is 44.7 Å². The molecule has 236 valence electrons. The smallest absolute Gasteiger partial charge is 0.111 e. The summed E-state index contributed by atoms with van der Waals surface area (Å²) in [7, 11) is 0. The lowest BCUT2D eigenvalue weighted by atomic mass is 9.93. The Bertz CT molecular complexity index is 621. The van der Waals surface area contributed by atoms with Gasteiger partial charge in [0.1, 0.15) is 5.82 Å². The van der Waals surface area contributed by atoms with Crippen LogP contribution in [0.5, 0.6) is 0 Å². The van der Waals surface area contributed by atoms with Gasteiger partial charge in [-0.05, 0) is 26.2 Å². The van der Waals surface area contributed by atoms with Crippen molar-refractivity contribution in [2.45, 2.75) is 226 Å². The normalized spacial score (nSPS) is 13.2. The predicted molar refractivity (Wildman–Crippen MR) is 181 cm³/mol. The molecule has 1 heterocycles. The van der Waals surface area contributed by atoms with Crippen LogP contribution in [0.3, 0.4) is 0 Å². The molecule has 2 nitrogen and oxygen atoms in total. The van der Waals surface area contributed by atoms with Gasteiger partial charge in [-0.15, -0.1) is 0 Å². The van der Waals surface area contributed by atoms with Crippen LogP contribution in [0.4, 0.5) is 0 Å². The summed E-state index contributed by atoms with van der Waals surface area (Å²) in [4.78, 5) is 4.97. The number of aromatic nitrogens is 2. The van der Waals surface area contributed by atoms with E-state index in [0.717, 1.165) is 0 Å². The van der Waals surface area contributed by atoms with E-state index in [1.807, 2.05) is 0 Å². The molecule has 1 aromatic rings. The average molecular weight is 559 g/mol. The van der Waals surface area contributed by atoms with E-state index >= 15 is 0 Å². The van der Waals surface area contributed by atoms with Crippen LogP contribution in [0.1, 0.15) is 232 Å². The highest BCUT2D eigenvalue weighted by atomic mass is 15.1. The van der Waals surface area contributed by atoms with E-state index in [-0.39, 0.29) is 0 Å². The van der Waals surface area contributed by atoms with Gasteiger partial charge in [0.05, 0.1) is 0 Å². The van der Waals surface area contributed by atoms with E-state index in [1.54, 1.807) is 0 Å². The molecule has 0 aliphatic rings. The Kier molecular flexibility index (Phi) is 26.4. The highest BCUT2D eigenvalue weighted by Gasteiger charge is 2.19. The Balaban J connectivity index is 2.33. The third kappa shape index (κ3) is 20.1. The summed E-state index contributed by atoms with van der Waals surface area (Å²) in [5.74, 6) is 2.06. The molecule has 40 heavy (non-hydrogen) atoms. The Morgan fingerprint density at radius 1 is 0.475 bits per heavy atom. The molecule has 0 aromatic carbocycles. The maximum atomic E-state index is 4.97. The molecule has 0 aliphatic heterocycles. The first-order valence-electron chi connectivity index (χ1n) is 18.8. The van der Waals surface area contributed by atoms with Crippen molar-refractivity contribution in [2.24, 2.45) is 0 Å². The lowest BCUT2D eigenvalue weighted by Crippen LogP contribution is -2.13. The highest BCUT2D eigenvalue weighted by molar-refractivity contribution is 5.02. The molecular formula is C38H74N2. The van der Waals surface area contributed by atoms with Crippen molar-refractivity contribution >= 4 is 0 Å². The topological polar surface area (TPSA) is 17.8 Å². The van der Waals surface area contributed by atoms with E-state index in [0.29, 0.717) is 12.0 Å². The number of hydrogen-bond acceptors (Lipinski definition) is 1. The molecule has 0 saturated carbocycles. The molecule has 2 heteroatoms. The van der Waals surface area contributed by atoms with Crippen LogP contribution in [-0.2, 0) is 0 Å². The molecule has 0 spiro atoms. The fraction of sp³-hybridized carbons (Fsp3) is 0.921. The first-order chi connectivity index (χ1) is 19.7. The predicted octanol–water partition coefficient (Wildman–Crippen LogP) is 13.9. The Morgan fingerprint density at radius 2 is 0.800 bits per heavy atom. The monoisotopic (exact) mass is 559 g/mol. The zero-order valence-corrected chi connectivity index (χ0v) is 28.2. The van der Waals surface area contributed by atoms with Gasteiger partial charge in [0, 0.05) is 24.4 Å². The Labute approximate surface area is 253 Å². The summed E-state index contributed by atoms with van der Waals surface area (Å²) in [5, 5.41) is 0. The first kappa shape index (κ1) is 37.2. The quantitative estimate of drug-likeness (QED) is 0.0828. The van der Waals surface area contributed by atoms with E-state index in [1.165, 1.54) is 192 Å². The second kappa shape index (κ2) is 28.3. The molecule has 2 unspecified atom stereocenters. The van der Waals surface area contributed by atoms with Crippen LogP contribution >= 0.6 is 0 Å². The molecule has 0 bridgehead atoms. The van der Waals surface area contributed by atoms with Gasteiger partial charge in [0.2, 0.25) is 0 Å². The third-order valence-electron chi connectivity index (χ3n) is 9.33. The Morgan fingerprint density at radius 3 is 1.20 bits per heavy atom. The number of hydrogen-bond donors (Lipinski definition) is 0. The van der Waals surface area contributed by atoms with Crippen LogP contribution in [0.2, 0.25) is 0 Å². The van der Waals surface area contributed by atoms with Crippen LogP contribution < -0.4 is 0 Å². The summed E-state index contributed by atoms with van der Waals surface area (Å²) in [6, 6.07) is 0.589. The molecule has 0 fully saturated rings. The minimum Gasteiger partial charge on any atom is -0.332 e. The maximum Gasteiger partial charge on any atom is 0.111 e. The fourth-order valence-electron chi connectivity index (χ4n) is 6.53. The lowest BCUT2D eigenvalue weighted by molar-refractivity contribution is 0.413. The van der Waals surface area contributed by atoms with Crippen LogP contribution in [0, 0.1) is 0 Å². The standard InChI is InChI=1S/C38H74N2/c1-5-8-11-14-16-18-20-22-24-26-28-31-36(4)40-35-34-39-38(40)37(32-29-13-10-7-3)33-30-27-25-23-21-19-17-15-12-9-6-2/h34-37H,5-33H2,1-4H3. The SMILES string of the molecule is CCCCCCCCCCCCCC(CCCCCC)c1nccn1C(C)CCCCCCCCCCCCC. The van der Waals surface area contributed by atoms with Crippen LogP contribution in [-0.4, -0.2) is 9.55 Å². The van der Waals surface area contributed by atoms with Crippen molar-refractivity contribution in [3.63, 3.8) is 0 Å². The molecule has 0 N–H and O–H groups in total. The fourth-order valence-corrected chi connectivity index (χ4v) is 6.53. The Hall–Kier alpha value is -0.790. The molecular weight excluding hydrogens is 484 g/mol. The molecule has 0 aliphatic carbocycles. The highest BCUT2D eigenvalue weighted by Crippen LogP contribution is 2.30. The minimum atomic E-state index is 0.589.